The first kappa shape index (κ1) is 15.3. The van der Waals surface area contributed by atoms with Gasteiger partial charge in [-0.05, 0) is 19.4 Å². The van der Waals surface area contributed by atoms with E-state index in [1.807, 2.05) is 0 Å². The van der Waals surface area contributed by atoms with Gasteiger partial charge >= 0.3 is 6.18 Å². The quantitative estimate of drug-likeness (QED) is 0.793. The largest absolute Gasteiger partial charge is 0.435 e. The van der Waals surface area contributed by atoms with Gasteiger partial charge in [0.25, 0.3) is 5.91 Å². The van der Waals surface area contributed by atoms with Crippen molar-refractivity contribution in [1.29, 1.82) is 0 Å². The minimum Gasteiger partial charge on any atom is -0.336 e. The van der Waals surface area contributed by atoms with Crippen LogP contribution in [-0.4, -0.2) is 57.7 Å². The number of piperidine rings is 1. The lowest BCUT2D eigenvalue weighted by Gasteiger charge is -2.44. The molecular formula is C14H19F3N4O. The Morgan fingerprint density at radius 3 is 2.77 bits per heavy atom. The molecule has 3 heterocycles. The van der Waals surface area contributed by atoms with Gasteiger partial charge < -0.3 is 4.90 Å². The van der Waals surface area contributed by atoms with Crippen LogP contribution in [0.4, 0.5) is 13.2 Å². The van der Waals surface area contributed by atoms with Crippen molar-refractivity contribution >= 4 is 5.91 Å². The zero-order valence-electron chi connectivity index (χ0n) is 12.4. The first-order valence-corrected chi connectivity index (χ1v) is 7.50. The molecule has 2 saturated heterocycles. The molecule has 1 aromatic heterocycles. The number of carbonyl (C=O) groups is 1. The van der Waals surface area contributed by atoms with Crippen molar-refractivity contribution in [3.63, 3.8) is 0 Å². The average Bonchev–Trinajstić information content (AvgIpc) is 2.88. The second-order valence-electron chi connectivity index (χ2n) is 6.00. The maximum absolute atomic E-state index is 13.0. The second-order valence-corrected chi connectivity index (χ2v) is 6.00. The summed E-state index contributed by atoms with van der Waals surface area (Å²) in [5.41, 5.74) is -1.44. The van der Waals surface area contributed by atoms with Crippen LogP contribution in [0.25, 0.3) is 0 Å². The summed E-state index contributed by atoms with van der Waals surface area (Å²) in [6, 6.07) is 0.275. The number of hydrogen-bond donors (Lipinski definition) is 0. The monoisotopic (exact) mass is 316 g/mol. The number of fused-ring (bicyclic) bond motifs is 1. The van der Waals surface area contributed by atoms with Crippen LogP contribution >= 0.6 is 0 Å². The van der Waals surface area contributed by atoms with Crippen molar-refractivity contribution in [3.8, 4) is 0 Å². The SMILES string of the molecule is Cn1cc(C(=O)N2CCN3CCCC[C@H]3C2)c(C(F)(F)F)n1. The Kier molecular flexibility index (Phi) is 3.88. The van der Waals surface area contributed by atoms with Gasteiger partial charge in [-0.25, -0.2) is 0 Å². The molecule has 2 fully saturated rings. The van der Waals surface area contributed by atoms with Gasteiger partial charge in [0.15, 0.2) is 5.69 Å². The van der Waals surface area contributed by atoms with Crippen molar-refractivity contribution in [3.05, 3.63) is 17.5 Å². The minimum absolute atomic E-state index is 0.275. The van der Waals surface area contributed by atoms with Gasteiger partial charge in [0.05, 0.1) is 5.56 Å². The van der Waals surface area contributed by atoms with Gasteiger partial charge in [-0.2, -0.15) is 18.3 Å². The molecule has 0 radical (unpaired) electrons. The molecule has 8 heteroatoms. The molecule has 0 saturated carbocycles. The fraction of sp³-hybridized carbons (Fsp3) is 0.714. The Labute approximate surface area is 126 Å². The zero-order valence-corrected chi connectivity index (χ0v) is 12.4. The highest BCUT2D eigenvalue weighted by molar-refractivity contribution is 5.95. The number of aryl methyl sites for hydroxylation is 1. The molecule has 1 atom stereocenters. The molecule has 2 aliphatic heterocycles. The highest BCUT2D eigenvalue weighted by atomic mass is 19.4. The van der Waals surface area contributed by atoms with Gasteiger partial charge in [-0.15, -0.1) is 0 Å². The number of alkyl halides is 3. The minimum atomic E-state index is -4.61. The Morgan fingerprint density at radius 2 is 2.05 bits per heavy atom. The molecule has 122 valence electrons. The lowest BCUT2D eigenvalue weighted by atomic mass is 9.99. The van der Waals surface area contributed by atoms with Crippen LogP contribution in [0.2, 0.25) is 0 Å². The topological polar surface area (TPSA) is 41.4 Å². The average molecular weight is 316 g/mol. The van der Waals surface area contributed by atoms with Gasteiger partial charge in [-0.1, -0.05) is 6.42 Å². The Hall–Kier alpha value is -1.57. The summed E-state index contributed by atoms with van der Waals surface area (Å²) >= 11 is 0. The van der Waals surface area contributed by atoms with Crippen LogP contribution in [0.1, 0.15) is 35.3 Å². The summed E-state index contributed by atoms with van der Waals surface area (Å²) in [7, 11) is 1.39. The number of aromatic nitrogens is 2. The standard InChI is InChI=1S/C14H19F3N4O/c1-19-9-11(12(18-19)14(15,16)17)13(22)21-7-6-20-5-3-2-4-10(20)8-21/h9-10H,2-8H2,1H3/t10-/m0/s1. The van der Waals surface area contributed by atoms with Gasteiger partial charge in [0.1, 0.15) is 0 Å². The Balaban J connectivity index is 1.80. The highest BCUT2D eigenvalue weighted by Crippen LogP contribution is 2.31. The number of amides is 1. The molecule has 22 heavy (non-hydrogen) atoms. The van der Waals surface area contributed by atoms with E-state index in [2.05, 4.69) is 10.00 Å². The number of halogens is 3. The van der Waals surface area contributed by atoms with Crippen LogP contribution in [-0.2, 0) is 13.2 Å². The molecule has 0 aromatic carbocycles. The van der Waals surface area contributed by atoms with E-state index >= 15 is 0 Å². The van der Waals surface area contributed by atoms with Crippen molar-refractivity contribution in [1.82, 2.24) is 19.6 Å². The van der Waals surface area contributed by atoms with Crippen molar-refractivity contribution < 1.29 is 18.0 Å². The molecule has 0 bridgehead atoms. The van der Waals surface area contributed by atoms with E-state index in [1.54, 1.807) is 4.90 Å². The van der Waals surface area contributed by atoms with Crippen molar-refractivity contribution in [2.45, 2.75) is 31.5 Å². The smallest absolute Gasteiger partial charge is 0.336 e. The maximum atomic E-state index is 13.0. The first-order chi connectivity index (χ1) is 10.4. The maximum Gasteiger partial charge on any atom is 0.435 e. The third-order valence-electron chi connectivity index (χ3n) is 4.45. The van der Waals surface area contributed by atoms with E-state index in [1.165, 1.54) is 13.2 Å². The molecule has 0 N–H and O–H groups in total. The molecule has 1 amide bonds. The summed E-state index contributed by atoms with van der Waals surface area (Å²) in [4.78, 5) is 16.4. The molecule has 2 aliphatic rings. The molecule has 0 spiro atoms. The summed E-state index contributed by atoms with van der Waals surface area (Å²) in [6.45, 7) is 2.73. The van der Waals surface area contributed by atoms with Gasteiger partial charge in [-0.3, -0.25) is 14.4 Å². The lowest BCUT2D eigenvalue weighted by molar-refractivity contribution is -0.141. The van der Waals surface area contributed by atoms with Gasteiger partial charge in [0.2, 0.25) is 0 Å². The fourth-order valence-corrected chi connectivity index (χ4v) is 3.37. The van der Waals surface area contributed by atoms with E-state index in [0.717, 1.165) is 37.0 Å². The highest BCUT2D eigenvalue weighted by Gasteiger charge is 2.41. The van der Waals surface area contributed by atoms with E-state index < -0.39 is 17.8 Å². The predicted octanol–water partition coefficient (Wildman–Crippen LogP) is 1.75. The summed E-state index contributed by atoms with van der Waals surface area (Å²) in [5, 5.41) is 3.41. The van der Waals surface area contributed by atoms with Crippen LogP contribution in [0.15, 0.2) is 6.20 Å². The molecule has 5 nitrogen and oxygen atoms in total. The fourth-order valence-electron chi connectivity index (χ4n) is 3.37. The third-order valence-corrected chi connectivity index (χ3v) is 4.45. The van der Waals surface area contributed by atoms with Crippen molar-refractivity contribution in [2.75, 3.05) is 26.2 Å². The Morgan fingerprint density at radius 1 is 1.27 bits per heavy atom. The first-order valence-electron chi connectivity index (χ1n) is 7.50. The number of hydrogen-bond acceptors (Lipinski definition) is 3. The molecule has 0 unspecified atom stereocenters. The number of piperazine rings is 1. The molecule has 0 aliphatic carbocycles. The molecule has 1 aromatic rings. The van der Waals surface area contributed by atoms with Crippen LogP contribution in [0.5, 0.6) is 0 Å². The van der Waals surface area contributed by atoms with Crippen LogP contribution in [0.3, 0.4) is 0 Å². The van der Waals surface area contributed by atoms with Crippen molar-refractivity contribution in [2.24, 2.45) is 7.05 Å². The molecular weight excluding hydrogens is 297 g/mol. The summed E-state index contributed by atoms with van der Waals surface area (Å²) < 4.78 is 40.1. The summed E-state index contributed by atoms with van der Waals surface area (Å²) in [5.74, 6) is -0.564. The third kappa shape index (κ3) is 2.84. The second kappa shape index (κ2) is 5.57. The molecule has 3 rings (SSSR count). The normalized spacial score (nSPS) is 23.5. The van der Waals surface area contributed by atoms with Crippen LogP contribution in [0, 0.1) is 0 Å². The number of rotatable bonds is 1. The number of carbonyl (C=O) groups excluding carboxylic acids is 1. The van der Waals surface area contributed by atoms with E-state index in [0.29, 0.717) is 13.1 Å². The van der Waals surface area contributed by atoms with E-state index in [9.17, 15) is 18.0 Å². The number of nitrogens with zero attached hydrogens (tertiary/aromatic N) is 4. The van der Waals surface area contributed by atoms with Crippen LogP contribution < -0.4 is 0 Å². The predicted molar refractivity (Wildman–Crippen MR) is 73.3 cm³/mol. The van der Waals surface area contributed by atoms with E-state index in [4.69, 9.17) is 0 Å². The Bertz CT molecular complexity index is 569. The lowest BCUT2D eigenvalue weighted by Crippen LogP contribution is -2.56. The summed E-state index contributed by atoms with van der Waals surface area (Å²) in [6.07, 6.45) is -0.171. The van der Waals surface area contributed by atoms with Gasteiger partial charge in [0, 0.05) is 38.9 Å². The zero-order chi connectivity index (χ0) is 15.9. The van der Waals surface area contributed by atoms with E-state index in [-0.39, 0.29) is 11.6 Å².